The molecule has 0 aliphatic rings. The molecule has 0 radical (unpaired) electrons. The van der Waals surface area contributed by atoms with Gasteiger partial charge in [0.2, 0.25) is 0 Å². The number of aromatic nitrogens is 2. The Labute approximate surface area is 144 Å². The van der Waals surface area contributed by atoms with Crippen LogP contribution < -0.4 is 14.8 Å². The number of aryl methyl sites for hydroxylation is 1. The first-order valence-corrected chi connectivity index (χ1v) is 7.58. The molecule has 3 rings (SSSR count). The standard InChI is InChI=1S/C17H16ClN3O3/c1-10-8-21-9-11(4-5-16(21)19-10)17(22)20-13-7-14(23-2)12(18)6-15(13)24-3/h4-9H,1-3H3,(H,20,22). The Kier molecular flexibility index (Phi) is 4.31. The number of carbonyl (C=O) groups is 1. The molecule has 3 aromatic rings. The summed E-state index contributed by atoms with van der Waals surface area (Å²) in [5.74, 6) is 0.632. The Morgan fingerprint density at radius 2 is 1.92 bits per heavy atom. The van der Waals surface area contributed by atoms with Crippen molar-refractivity contribution in [1.29, 1.82) is 0 Å². The largest absolute Gasteiger partial charge is 0.495 e. The summed E-state index contributed by atoms with van der Waals surface area (Å²) in [6.07, 6.45) is 3.59. The van der Waals surface area contributed by atoms with Crippen LogP contribution in [0, 0.1) is 6.92 Å². The number of nitrogens with zero attached hydrogens (tertiary/aromatic N) is 2. The molecule has 1 N–H and O–H groups in total. The predicted molar refractivity (Wildman–Crippen MR) is 92.4 cm³/mol. The van der Waals surface area contributed by atoms with Gasteiger partial charge in [0, 0.05) is 24.5 Å². The molecule has 24 heavy (non-hydrogen) atoms. The van der Waals surface area contributed by atoms with E-state index in [9.17, 15) is 4.79 Å². The van der Waals surface area contributed by atoms with Crippen molar-refractivity contribution < 1.29 is 14.3 Å². The first-order valence-electron chi connectivity index (χ1n) is 7.20. The normalized spacial score (nSPS) is 10.7. The molecule has 2 aromatic heterocycles. The van der Waals surface area contributed by atoms with E-state index >= 15 is 0 Å². The SMILES string of the molecule is COc1cc(NC(=O)c2ccc3nc(C)cn3c2)c(OC)cc1Cl. The summed E-state index contributed by atoms with van der Waals surface area (Å²) in [6.45, 7) is 1.90. The number of pyridine rings is 1. The van der Waals surface area contributed by atoms with Gasteiger partial charge in [-0.2, -0.15) is 0 Å². The van der Waals surface area contributed by atoms with Crippen LogP contribution in [0.2, 0.25) is 5.02 Å². The quantitative estimate of drug-likeness (QED) is 0.785. The lowest BCUT2D eigenvalue weighted by molar-refractivity contribution is 0.102. The highest BCUT2D eigenvalue weighted by atomic mass is 35.5. The van der Waals surface area contributed by atoms with Crippen molar-refractivity contribution in [2.45, 2.75) is 6.92 Å². The highest BCUT2D eigenvalue weighted by Gasteiger charge is 2.14. The summed E-state index contributed by atoms with van der Waals surface area (Å²) in [4.78, 5) is 16.9. The zero-order valence-electron chi connectivity index (χ0n) is 13.5. The van der Waals surface area contributed by atoms with Crippen molar-refractivity contribution >= 4 is 28.8 Å². The number of anilines is 1. The second kappa shape index (κ2) is 6.41. The van der Waals surface area contributed by atoms with Crippen LogP contribution in [-0.2, 0) is 0 Å². The van der Waals surface area contributed by atoms with Gasteiger partial charge >= 0.3 is 0 Å². The number of ether oxygens (including phenoxy) is 2. The minimum atomic E-state index is -0.272. The monoisotopic (exact) mass is 345 g/mol. The van der Waals surface area contributed by atoms with Crippen molar-refractivity contribution in [3.8, 4) is 11.5 Å². The van der Waals surface area contributed by atoms with Crippen LogP contribution in [0.3, 0.4) is 0 Å². The maximum absolute atomic E-state index is 12.5. The average molecular weight is 346 g/mol. The molecule has 0 atom stereocenters. The van der Waals surface area contributed by atoms with Crippen molar-refractivity contribution in [3.63, 3.8) is 0 Å². The number of hydrogen-bond donors (Lipinski definition) is 1. The summed E-state index contributed by atoms with van der Waals surface area (Å²) in [5, 5.41) is 3.22. The number of hydrogen-bond acceptors (Lipinski definition) is 4. The van der Waals surface area contributed by atoms with Crippen LogP contribution in [0.5, 0.6) is 11.5 Å². The molecule has 0 fully saturated rings. The third kappa shape index (κ3) is 3.00. The molecule has 0 aliphatic carbocycles. The van der Waals surface area contributed by atoms with Gasteiger partial charge in [0.15, 0.2) is 0 Å². The van der Waals surface area contributed by atoms with Gasteiger partial charge in [-0.1, -0.05) is 11.6 Å². The Hall–Kier alpha value is -2.73. The van der Waals surface area contributed by atoms with Crippen molar-refractivity contribution in [1.82, 2.24) is 9.38 Å². The predicted octanol–water partition coefficient (Wildman–Crippen LogP) is 3.57. The van der Waals surface area contributed by atoms with Crippen LogP contribution in [0.15, 0.2) is 36.7 Å². The van der Waals surface area contributed by atoms with Crippen molar-refractivity contribution in [2.24, 2.45) is 0 Å². The highest BCUT2D eigenvalue weighted by Crippen LogP contribution is 2.36. The number of imidazole rings is 1. The number of carbonyl (C=O) groups excluding carboxylic acids is 1. The van der Waals surface area contributed by atoms with Crippen LogP contribution >= 0.6 is 11.6 Å². The molecular weight excluding hydrogens is 330 g/mol. The summed E-state index contributed by atoms with van der Waals surface area (Å²) in [5.41, 5.74) is 2.65. The topological polar surface area (TPSA) is 64.9 Å². The second-order valence-corrected chi connectivity index (χ2v) is 5.61. The Bertz CT molecular complexity index is 921. The van der Waals surface area contributed by atoms with Gasteiger partial charge in [-0.15, -0.1) is 0 Å². The summed E-state index contributed by atoms with van der Waals surface area (Å²) in [6, 6.07) is 6.73. The molecule has 124 valence electrons. The molecule has 0 spiro atoms. The molecular formula is C17H16ClN3O3. The average Bonchev–Trinajstić information content (AvgIpc) is 2.94. The van der Waals surface area contributed by atoms with Gasteiger partial charge < -0.3 is 19.2 Å². The fourth-order valence-corrected chi connectivity index (χ4v) is 2.64. The Morgan fingerprint density at radius 3 is 2.62 bits per heavy atom. The van der Waals surface area contributed by atoms with E-state index in [1.165, 1.54) is 14.2 Å². The van der Waals surface area contributed by atoms with E-state index in [2.05, 4.69) is 10.3 Å². The number of fused-ring (bicyclic) bond motifs is 1. The molecule has 7 heteroatoms. The third-order valence-corrected chi connectivity index (χ3v) is 3.85. The fraction of sp³-hybridized carbons (Fsp3) is 0.176. The van der Waals surface area contributed by atoms with E-state index < -0.39 is 0 Å². The summed E-state index contributed by atoms with van der Waals surface area (Å²) >= 11 is 6.07. The number of halogens is 1. The zero-order chi connectivity index (χ0) is 17.3. The minimum absolute atomic E-state index is 0.272. The second-order valence-electron chi connectivity index (χ2n) is 5.21. The van der Waals surface area contributed by atoms with Crippen LogP contribution in [0.4, 0.5) is 5.69 Å². The molecule has 0 saturated heterocycles. The molecule has 6 nitrogen and oxygen atoms in total. The van der Waals surface area contributed by atoms with E-state index in [-0.39, 0.29) is 5.91 Å². The molecule has 0 saturated carbocycles. The van der Waals surface area contributed by atoms with E-state index in [0.29, 0.717) is 27.8 Å². The molecule has 2 heterocycles. The number of nitrogens with one attached hydrogen (secondary N) is 1. The third-order valence-electron chi connectivity index (χ3n) is 3.56. The van der Waals surface area contributed by atoms with Crippen LogP contribution in [0.25, 0.3) is 5.65 Å². The summed E-state index contributed by atoms with van der Waals surface area (Å²) in [7, 11) is 3.02. The lowest BCUT2D eigenvalue weighted by atomic mass is 10.2. The van der Waals surface area contributed by atoms with Gasteiger partial charge in [0.1, 0.15) is 17.1 Å². The van der Waals surface area contributed by atoms with E-state index in [4.69, 9.17) is 21.1 Å². The summed E-state index contributed by atoms with van der Waals surface area (Å²) < 4.78 is 12.3. The van der Waals surface area contributed by atoms with Crippen LogP contribution in [0.1, 0.15) is 16.1 Å². The van der Waals surface area contributed by atoms with E-state index in [1.54, 1.807) is 30.5 Å². The fourth-order valence-electron chi connectivity index (χ4n) is 2.41. The molecule has 0 bridgehead atoms. The van der Waals surface area contributed by atoms with Crippen molar-refractivity contribution in [2.75, 3.05) is 19.5 Å². The maximum atomic E-state index is 12.5. The van der Waals surface area contributed by atoms with Gasteiger partial charge in [0.05, 0.1) is 36.2 Å². The number of methoxy groups -OCH3 is 2. The van der Waals surface area contributed by atoms with Crippen LogP contribution in [-0.4, -0.2) is 29.5 Å². The van der Waals surface area contributed by atoms with Gasteiger partial charge in [0.25, 0.3) is 5.91 Å². The molecule has 1 amide bonds. The Balaban J connectivity index is 1.92. The highest BCUT2D eigenvalue weighted by molar-refractivity contribution is 6.32. The zero-order valence-corrected chi connectivity index (χ0v) is 14.2. The van der Waals surface area contributed by atoms with Gasteiger partial charge in [-0.25, -0.2) is 4.98 Å². The lowest BCUT2D eigenvalue weighted by Gasteiger charge is -2.13. The van der Waals surface area contributed by atoms with E-state index in [0.717, 1.165) is 11.3 Å². The molecule has 1 aromatic carbocycles. The number of amides is 1. The number of benzene rings is 1. The molecule has 0 unspecified atom stereocenters. The minimum Gasteiger partial charge on any atom is -0.495 e. The van der Waals surface area contributed by atoms with Gasteiger partial charge in [-0.3, -0.25) is 4.79 Å². The lowest BCUT2D eigenvalue weighted by Crippen LogP contribution is -2.13. The van der Waals surface area contributed by atoms with Gasteiger partial charge in [-0.05, 0) is 19.1 Å². The smallest absolute Gasteiger partial charge is 0.257 e. The van der Waals surface area contributed by atoms with E-state index in [1.807, 2.05) is 17.5 Å². The molecule has 0 aliphatic heterocycles. The first kappa shape index (κ1) is 16.1. The first-order chi connectivity index (χ1) is 11.5. The maximum Gasteiger partial charge on any atom is 0.257 e. The van der Waals surface area contributed by atoms with Crippen molar-refractivity contribution in [3.05, 3.63) is 52.9 Å². The number of rotatable bonds is 4. The Morgan fingerprint density at radius 1 is 1.17 bits per heavy atom.